The van der Waals surface area contributed by atoms with Crippen molar-refractivity contribution in [1.82, 2.24) is 14.9 Å². The number of rotatable bonds is 10. The molecule has 1 aromatic heterocycles. The van der Waals surface area contributed by atoms with Crippen molar-refractivity contribution >= 4 is 11.8 Å². The van der Waals surface area contributed by atoms with Crippen LogP contribution in [0.5, 0.6) is 0 Å². The minimum absolute atomic E-state index is 0.530. The van der Waals surface area contributed by atoms with Crippen LogP contribution in [-0.2, 0) is 13.0 Å². The van der Waals surface area contributed by atoms with Gasteiger partial charge in [0.15, 0.2) is 0 Å². The van der Waals surface area contributed by atoms with Crippen LogP contribution in [0.1, 0.15) is 46.4 Å². The molecule has 1 aromatic rings. The molecule has 0 fully saturated rings. The average molecular weight is 283 g/mol. The minimum atomic E-state index is 0.530. The maximum atomic E-state index is 4.52. The monoisotopic (exact) mass is 283 g/mol. The number of aryl methyl sites for hydroxylation is 1. The van der Waals surface area contributed by atoms with Gasteiger partial charge in [0, 0.05) is 42.4 Å². The summed E-state index contributed by atoms with van der Waals surface area (Å²) in [4.78, 5) is 4.52. The van der Waals surface area contributed by atoms with Gasteiger partial charge in [-0.1, -0.05) is 27.7 Å². The van der Waals surface area contributed by atoms with Gasteiger partial charge in [-0.05, 0) is 19.4 Å². The van der Waals surface area contributed by atoms with Gasteiger partial charge in [-0.3, -0.25) is 0 Å². The number of nitrogens with one attached hydrogen (secondary N) is 1. The number of thioether (sulfide) groups is 1. The van der Waals surface area contributed by atoms with E-state index in [1.54, 1.807) is 0 Å². The van der Waals surface area contributed by atoms with Crippen molar-refractivity contribution in [2.45, 2.75) is 64.8 Å². The van der Waals surface area contributed by atoms with Crippen LogP contribution in [0, 0.1) is 0 Å². The Morgan fingerprint density at radius 3 is 2.79 bits per heavy atom. The van der Waals surface area contributed by atoms with Crippen molar-refractivity contribution in [2.24, 2.45) is 0 Å². The lowest BCUT2D eigenvalue weighted by Crippen LogP contribution is -2.34. The molecule has 0 radical (unpaired) electrons. The normalized spacial score (nSPS) is 14.5. The number of hydrogen-bond acceptors (Lipinski definition) is 3. The summed E-state index contributed by atoms with van der Waals surface area (Å²) < 4.78 is 2.29. The Kier molecular flexibility index (Phi) is 8.22. The molecule has 1 rings (SSSR count). The second-order valence-corrected chi connectivity index (χ2v) is 6.52. The smallest absolute Gasteiger partial charge is 0.110 e. The molecular formula is C15H29N3S. The fourth-order valence-electron chi connectivity index (χ4n) is 2.07. The van der Waals surface area contributed by atoms with Crippen LogP contribution in [0.2, 0.25) is 0 Å². The van der Waals surface area contributed by atoms with E-state index in [0.717, 1.165) is 31.2 Å². The SMILES string of the molecule is CCCn1ccnc1CC(CSC(C)CC)NCC. The summed E-state index contributed by atoms with van der Waals surface area (Å²) in [6.45, 7) is 11.1. The lowest BCUT2D eigenvalue weighted by atomic mass is 10.2. The molecule has 0 saturated carbocycles. The van der Waals surface area contributed by atoms with Gasteiger partial charge in [0.05, 0.1) is 0 Å². The standard InChI is InChI=1S/C15H29N3S/c1-5-9-18-10-8-17-15(18)11-14(16-7-3)12-19-13(4)6-2/h8,10,13-14,16H,5-7,9,11-12H2,1-4H3. The number of imidazole rings is 1. The zero-order valence-corrected chi connectivity index (χ0v) is 13.7. The van der Waals surface area contributed by atoms with Crippen molar-refractivity contribution in [2.75, 3.05) is 12.3 Å². The summed E-state index contributed by atoms with van der Waals surface area (Å²) in [5.41, 5.74) is 0. The van der Waals surface area contributed by atoms with E-state index in [0.29, 0.717) is 6.04 Å². The first-order valence-corrected chi connectivity index (χ1v) is 8.61. The lowest BCUT2D eigenvalue weighted by Gasteiger charge is -2.19. The molecular weight excluding hydrogens is 254 g/mol. The Morgan fingerprint density at radius 2 is 2.16 bits per heavy atom. The van der Waals surface area contributed by atoms with Crippen LogP contribution in [0.25, 0.3) is 0 Å². The van der Waals surface area contributed by atoms with Crippen molar-refractivity contribution in [1.29, 1.82) is 0 Å². The van der Waals surface area contributed by atoms with Crippen LogP contribution in [0.3, 0.4) is 0 Å². The number of aromatic nitrogens is 2. The first-order chi connectivity index (χ1) is 9.21. The molecule has 0 aliphatic carbocycles. The Labute approximate surface area is 122 Å². The molecule has 1 heterocycles. The highest BCUT2D eigenvalue weighted by Gasteiger charge is 2.13. The fraction of sp³-hybridized carbons (Fsp3) is 0.800. The summed E-state index contributed by atoms with van der Waals surface area (Å²) in [6, 6.07) is 0.530. The molecule has 2 unspecified atom stereocenters. The lowest BCUT2D eigenvalue weighted by molar-refractivity contribution is 0.534. The quantitative estimate of drug-likeness (QED) is 0.714. The van der Waals surface area contributed by atoms with E-state index < -0.39 is 0 Å². The highest BCUT2D eigenvalue weighted by molar-refractivity contribution is 7.99. The molecule has 3 nitrogen and oxygen atoms in total. The molecule has 110 valence electrons. The average Bonchev–Trinajstić information content (AvgIpc) is 2.83. The van der Waals surface area contributed by atoms with Crippen molar-refractivity contribution in [3.63, 3.8) is 0 Å². The van der Waals surface area contributed by atoms with E-state index >= 15 is 0 Å². The van der Waals surface area contributed by atoms with Crippen molar-refractivity contribution < 1.29 is 0 Å². The summed E-state index contributed by atoms with van der Waals surface area (Å²) >= 11 is 2.07. The highest BCUT2D eigenvalue weighted by atomic mass is 32.2. The van der Waals surface area contributed by atoms with E-state index in [1.807, 2.05) is 6.20 Å². The maximum Gasteiger partial charge on any atom is 0.110 e. The molecule has 0 aliphatic heterocycles. The maximum absolute atomic E-state index is 4.52. The predicted molar refractivity (Wildman–Crippen MR) is 85.9 cm³/mol. The summed E-state index contributed by atoms with van der Waals surface area (Å²) in [5, 5.41) is 4.34. The van der Waals surface area contributed by atoms with Gasteiger partial charge in [0.2, 0.25) is 0 Å². The molecule has 1 N–H and O–H groups in total. The Bertz CT molecular complexity index is 338. The zero-order valence-electron chi connectivity index (χ0n) is 12.9. The van der Waals surface area contributed by atoms with Crippen LogP contribution >= 0.6 is 11.8 Å². The van der Waals surface area contributed by atoms with Crippen LogP contribution in [-0.4, -0.2) is 33.1 Å². The number of hydrogen-bond donors (Lipinski definition) is 1. The van der Waals surface area contributed by atoms with Gasteiger partial charge >= 0.3 is 0 Å². The first-order valence-electron chi connectivity index (χ1n) is 7.56. The highest BCUT2D eigenvalue weighted by Crippen LogP contribution is 2.16. The fourth-order valence-corrected chi connectivity index (χ4v) is 3.10. The third-order valence-corrected chi connectivity index (χ3v) is 4.84. The summed E-state index contributed by atoms with van der Waals surface area (Å²) in [6.07, 6.45) is 7.47. The molecule has 19 heavy (non-hydrogen) atoms. The van der Waals surface area contributed by atoms with Gasteiger partial charge in [-0.2, -0.15) is 11.8 Å². The third kappa shape index (κ3) is 6.00. The summed E-state index contributed by atoms with van der Waals surface area (Å²) in [7, 11) is 0. The second-order valence-electron chi connectivity index (χ2n) is 5.05. The van der Waals surface area contributed by atoms with E-state index in [4.69, 9.17) is 0 Å². The van der Waals surface area contributed by atoms with Gasteiger partial charge < -0.3 is 9.88 Å². The molecule has 0 aliphatic rings. The minimum Gasteiger partial charge on any atom is -0.335 e. The predicted octanol–water partition coefficient (Wildman–Crippen LogP) is 3.35. The summed E-state index contributed by atoms with van der Waals surface area (Å²) in [5.74, 6) is 2.39. The molecule has 0 saturated heterocycles. The van der Waals surface area contributed by atoms with Crippen molar-refractivity contribution in [3.05, 3.63) is 18.2 Å². The Morgan fingerprint density at radius 1 is 1.37 bits per heavy atom. The number of nitrogens with zero attached hydrogens (tertiary/aromatic N) is 2. The topological polar surface area (TPSA) is 29.9 Å². The molecule has 0 aromatic carbocycles. The molecule has 0 amide bonds. The first kappa shape index (κ1) is 16.6. The molecule has 4 heteroatoms. The van der Waals surface area contributed by atoms with Crippen molar-refractivity contribution in [3.8, 4) is 0 Å². The van der Waals surface area contributed by atoms with Gasteiger partial charge in [0.25, 0.3) is 0 Å². The Balaban J connectivity index is 2.53. The third-order valence-electron chi connectivity index (χ3n) is 3.34. The van der Waals surface area contributed by atoms with Crippen LogP contribution in [0.4, 0.5) is 0 Å². The zero-order chi connectivity index (χ0) is 14.1. The van der Waals surface area contributed by atoms with E-state index in [1.165, 1.54) is 18.0 Å². The van der Waals surface area contributed by atoms with Crippen LogP contribution in [0.15, 0.2) is 12.4 Å². The number of likely N-dealkylation sites (N-methyl/N-ethyl adjacent to an activating group) is 1. The van der Waals surface area contributed by atoms with Gasteiger partial charge in [-0.15, -0.1) is 0 Å². The van der Waals surface area contributed by atoms with Gasteiger partial charge in [-0.25, -0.2) is 4.98 Å². The largest absolute Gasteiger partial charge is 0.335 e. The molecule has 0 spiro atoms. The van der Waals surface area contributed by atoms with E-state index in [-0.39, 0.29) is 0 Å². The van der Waals surface area contributed by atoms with E-state index in [2.05, 4.69) is 60.5 Å². The second kappa shape index (κ2) is 9.43. The Hall–Kier alpha value is -0.480. The van der Waals surface area contributed by atoms with E-state index in [9.17, 15) is 0 Å². The molecule has 2 atom stereocenters. The van der Waals surface area contributed by atoms with Crippen LogP contribution < -0.4 is 5.32 Å². The van der Waals surface area contributed by atoms with Gasteiger partial charge in [0.1, 0.15) is 5.82 Å². The molecule has 0 bridgehead atoms.